The molecule has 0 atom stereocenters. The zero-order valence-corrected chi connectivity index (χ0v) is 12.6. The first-order valence-electron chi connectivity index (χ1n) is 6.70. The van der Waals surface area contributed by atoms with Crippen molar-refractivity contribution in [3.63, 3.8) is 0 Å². The number of thioether (sulfide) groups is 1. The van der Waals surface area contributed by atoms with Crippen LogP contribution in [0.15, 0.2) is 29.4 Å². The fourth-order valence-electron chi connectivity index (χ4n) is 1.76. The number of hydrogen-bond acceptors (Lipinski definition) is 6. The van der Waals surface area contributed by atoms with Crippen LogP contribution in [0.4, 0.5) is 5.69 Å². The number of carbonyl (C=O) groups is 1. The number of nitrogens with two attached hydrogens (primary N) is 1. The number of tetrazole rings is 1. The summed E-state index contributed by atoms with van der Waals surface area (Å²) in [5, 5.41) is 14.7. The molecule has 0 aliphatic rings. The maximum atomic E-state index is 11.9. The minimum absolute atomic E-state index is 0.0875. The van der Waals surface area contributed by atoms with Gasteiger partial charge in [0.1, 0.15) is 0 Å². The standard InChI is InChI=1S/C13H18N6OS/c1-2-10-4-3-5-11(8-10)15-12(20)9-21-13-16-17-18-19(13)7-6-14/h3-5,8H,2,6-7,9,14H2,1H3,(H,15,20). The monoisotopic (exact) mass is 306 g/mol. The van der Waals surface area contributed by atoms with Crippen molar-refractivity contribution in [1.29, 1.82) is 0 Å². The quantitative estimate of drug-likeness (QED) is 0.738. The number of anilines is 1. The van der Waals surface area contributed by atoms with Gasteiger partial charge >= 0.3 is 0 Å². The van der Waals surface area contributed by atoms with E-state index in [1.165, 1.54) is 17.3 Å². The first-order valence-corrected chi connectivity index (χ1v) is 7.69. The molecule has 0 spiro atoms. The third kappa shape index (κ3) is 4.54. The third-order valence-electron chi connectivity index (χ3n) is 2.79. The Morgan fingerprint density at radius 3 is 3.10 bits per heavy atom. The van der Waals surface area contributed by atoms with Crippen LogP contribution in [0, 0.1) is 0 Å². The second-order valence-electron chi connectivity index (χ2n) is 4.36. The molecule has 2 rings (SSSR count). The molecule has 1 aromatic heterocycles. The predicted molar refractivity (Wildman–Crippen MR) is 82.0 cm³/mol. The lowest BCUT2D eigenvalue weighted by Crippen LogP contribution is -2.16. The van der Waals surface area contributed by atoms with E-state index in [0.717, 1.165) is 12.1 Å². The molecule has 0 saturated carbocycles. The van der Waals surface area contributed by atoms with Gasteiger partial charge in [0.25, 0.3) is 0 Å². The number of aromatic nitrogens is 4. The van der Waals surface area contributed by atoms with E-state index in [9.17, 15) is 4.79 Å². The van der Waals surface area contributed by atoms with Crippen molar-refractivity contribution in [3.8, 4) is 0 Å². The van der Waals surface area contributed by atoms with Crippen LogP contribution >= 0.6 is 11.8 Å². The molecule has 0 saturated heterocycles. The van der Waals surface area contributed by atoms with Crippen LogP contribution in [0.25, 0.3) is 0 Å². The summed E-state index contributed by atoms with van der Waals surface area (Å²) < 4.78 is 1.59. The Balaban J connectivity index is 1.88. The minimum Gasteiger partial charge on any atom is -0.329 e. The molecule has 0 aliphatic heterocycles. The number of nitrogens with zero attached hydrogens (tertiary/aromatic N) is 4. The van der Waals surface area contributed by atoms with Gasteiger partial charge in [-0.2, -0.15) is 0 Å². The molecule has 0 unspecified atom stereocenters. The van der Waals surface area contributed by atoms with Crippen LogP contribution in [0.5, 0.6) is 0 Å². The molecule has 0 bridgehead atoms. The molecule has 2 aromatic rings. The average Bonchev–Trinajstić information content (AvgIpc) is 2.93. The summed E-state index contributed by atoms with van der Waals surface area (Å²) in [6, 6.07) is 7.82. The summed E-state index contributed by atoms with van der Waals surface area (Å²) >= 11 is 1.29. The summed E-state index contributed by atoms with van der Waals surface area (Å²) in [7, 11) is 0. The van der Waals surface area contributed by atoms with Crippen molar-refractivity contribution in [1.82, 2.24) is 20.2 Å². The largest absolute Gasteiger partial charge is 0.329 e. The Morgan fingerprint density at radius 2 is 2.33 bits per heavy atom. The van der Waals surface area contributed by atoms with Crippen LogP contribution in [-0.2, 0) is 17.8 Å². The summed E-state index contributed by atoms with van der Waals surface area (Å²) in [5.74, 6) is 0.164. The lowest BCUT2D eigenvalue weighted by molar-refractivity contribution is -0.113. The average molecular weight is 306 g/mol. The topological polar surface area (TPSA) is 98.7 Å². The Labute approximate surface area is 127 Å². The number of benzene rings is 1. The van der Waals surface area contributed by atoms with Gasteiger partial charge in [0.15, 0.2) is 0 Å². The molecule has 8 heteroatoms. The van der Waals surface area contributed by atoms with E-state index in [0.29, 0.717) is 18.2 Å². The molecule has 1 aromatic carbocycles. The number of nitrogens with one attached hydrogen (secondary N) is 1. The lowest BCUT2D eigenvalue weighted by Gasteiger charge is -2.06. The molecule has 0 fully saturated rings. The second-order valence-corrected chi connectivity index (χ2v) is 5.31. The van der Waals surface area contributed by atoms with Gasteiger partial charge in [-0.15, -0.1) is 5.10 Å². The highest BCUT2D eigenvalue weighted by molar-refractivity contribution is 7.99. The van der Waals surface area contributed by atoms with Gasteiger partial charge < -0.3 is 11.1 Å². The molecule has 0 radical (unpaired) electrons. The van der Waals surface area contributed by atoms with Gasteiger partial charge in [0, 0.05) is 12.2 Å². The van der Waals surface area contributed by atoms with Gasteiger partial charge in [-0.05, 0) is 34.5 Å². The van der Waals surface area contributed by atoms with Crippen LogP contribution in [0.3, 0.4) is 0 Å². The van der Waals surface area contributed by atoms with E-state index >= 15 is 0 Å². The molecule has 21 heavy (non-hydrogen) atoms. The second kappa shape index (κ2) is 7.75. The normalized spacial score (nSPS) is 10.6. The molecule has 0 aliphatic carbocycles. The highest BCUT2D eigenvalue weighted by Gasteiger charge is 2.09. The smallest absolute Gasteiger partial charge is 0.234 e. The molecule has 3 N–H and O–H groups in total. The first kappa shape index (κ1) is 15.5. The molecular weight excluding hydrogens is 288 g/mol. The van der Waals surface area contributed by atoms with Gasteiger partial charge in [-0.1, -0.05) is 30.8 Å². The van der Waals surface area contributed by atoms with Gasteiger partial charge in [0.2, 0.25) is 11.1 Å². The van der Waals surface area contributed by atoms with Crippen molar-refractivity contribution in [2.75, 3.05) is 17.6 Å². The first-order chi connectivity index (χ1) is 10.2. The zero-order valence-electron chi connectivity index (χ0n) is 11.8. The van der Waals surface area contributed by atoms with Crippen molar-refractivity contribution in [3.05, 3.63) is 29.8 Å². The molecule has 1 heterocycles. The summed E-state index contributed by atoms with van der Waals surface area (Å²) in [5.41, 5.74) is 7.46. The van der Waals surface area contributed by atoms with E-state index in [1.54, 1.807) is 4.68 Å². The predicted octanol–water partition coefficient (Wildman–Crippen LogP) is 0.925. The van der Waals surface area contributed by atoms with Crippen molar-refractivity contribution >= 4 is 23.4 Å². The maximum Gasteiger partial charge on any atom is 0.234 e. The third-order valence-corrected chi connectivity index (χ3v) is 3.75. The van der Waals surface area contributed by atoms with Crippen LogP contribution < -0.4 is 11.1 Å². The van der Waals surface area contributed by atoms with E-state index in [1.807, 2.05) is 24.3 Å². The Bertz CT molecular complexity index is 600. The van der Waals surface area contributed by atoms with Crippen molar-refractivity contribution in [2.45, 2.75) is 25.0 Å². The number of rotatable bonds is 7. The highest BCUT2D eigenvalue weighted by atomic mass is 32.2. The molecule has 7 nitrogen and oxygen atoms in total. The maximum absolute atomic E-state index is 11.9. The Kier molecular flexibility index (Phi) is 5.70. The van der Waals surface area contributed by atoms with Gasteiger partial charge in [-0.25, -0.2) is 4.68 Å². The summed E-state index contributed by atoms with van der Waals surface area (Å²) in [6.07, 6.45) is 0.937. The number of aryl methyl sites for hydroxylation is 1. The zero-order chi connectivity index (χ0) is 15.1. The lowest BCUT2D eigenvalue weighted by atomic mass is 10.1. The summed E-state index contributed by atoms with van der Waals surface area (Å²) in [4.78, 5) is 11.9. The highest BCUT2D eigenvalue weighted by Crippen LogP contribution is 2.15. The van der Waals surface area contributed by atoms with Crippen LogP contribution in [0.1, 0.15) is 12.5 Å². The van der Waals surface area contributed by atoms with E-state index in [-0.39, 0.29) is 11.7 Å². The Hall–Kier alpha value is -1.93. The molecular formula is C13H18N6OS. The van der Waals surface area contributed by atoms with E-state index < -0.39 is 0 Å². The number of carbonyl (C=O) groups excluding carboxylic acids is 1. The van der Waals surface area contributed by atoms with Crippen molar-refractivity contribution < 1.29 is 4.79 Å². The summed E-state index contributed by atoms with van der Waals surface area (Å²) in [6.45, 7) is 3.07. The fraction of sp³-hybridized carbons (Fsp3) is 0.385. The molecule has 112 valence electrons. The van der Waals surface area contributed by atoms with Crippen molar-refractivity contribution in [2.24, 2.45) is 5.73 Å². The molecule has 1 amide bonds. The SMILES string of the molecule is CCc1cccc(NC(=O)CSc2nnnn2CCN)c1. The van der Waals surface area contributed by atoms with Gasteiger partial charge in [-0.3, -0.25) is 4.79 Å². The van der Waals surface area contributed by atoms with E-state index in [2.05, 4.69) is 27.8 Å². The Morgan fingerprint density at radius 1 is 1.48 bits per heavy atom. The van der Waals surface area contributed by atoms with Crippen LogP contribution in [0.2, 0.25) is 0 Å². The number of hydrogen-bond donors (Lipinski definition) is 2. The van der Waals surface area contributed by atoms with Gasteiger partial charge in [0.05, 0.1) is 12.3 Å². The minimum atomic E-state index is -0.0875. The van der Waals surface area contributed by atoms with Crippen LogP contribution in [-0.4, -0.2) is 38.4 Å². The number of amides is 1. The fourth-order valence-corrected chi connectivity index (χ4v) is 2.46. The van der Waals surface area contributed by atoms with E-state index in [4.69, 9.17) is 5.73 Å².